The Kier molecular flexibility index (Phi) is 5.73. The zero-order valence-corrected chi connectivity index (χ0v) is 27.6. The number of hydrogen-bond donors (Lipinski definition) is 1. The van der Waals surface area contributed by atoms with Crippen molar-refractivity contribution < 1.29 is 9.59 Å². The SMILES string of the molecule is CN1N=C2CC(C)(C)Cc3c2c2c(cc(CC4(C)CC5=NNC(=O)c6cccc7c6c5c(n7Cc5ccccc5)C4)cc2n3C)C1=O. The van der Waals surface area contributed by atoms with Crippen LogP contribution in [0.1, 0.15) is 88.0 Å². The predicted molar refractivity (Wildman–Crippen MR) is 185 cm³/mol. The molecule has 0 saturated carbocycles. The Morgan fingerprint density at radius 1 is 0.766 bits per heavy atom. The quantitative estimate of drug-likeness (QED) is 0.246. The van der Waals surface area contributed by atoms with E-state index in [4.69, 9.17) is 10.2 Å². The van der Waals surface area contributed by atoms with Crippen molar-refractivity contribution in [3.8, 4) is 0 Å². The zero-order valence-electron chi connectivity index (χ0n) is 27.6. The van der Waals surface area contributed by atoms with E-state index in [-0.39, 0.29) is 22.6 Å². The molecule has 3 aromatic carbocycles. The van der Waals surface area contributed by atoms with Crippen molar-refractivity contribution in [2.45, 2.75) is 59.4 Å². The fourth-order valence-corrected chi connectivity index (χ4v) is 8.94. The van der Waals surface area contributed by atoms with Crippen LogP contribution in [-0.2, 0) is 32.9 Å². The van der Waals surface area contributed by atoms with Crippen molar-refractivity contribution in [1.82, 2.24) is 19.6 Å². The Morgan fingerprint density at radius 3 is 2.34 bits per heavy atom. The van der Waals surface area contributed by atoms with Crippen LogP contribution in [0.15, 0.2) is 70.9 Å². The van der Waals surface area contributed by atoms with Gasteiger partial charge in [0.1, 0.15) is 0 Å². The molecule has 5 aromatic rings. The second-order valence-electron chi connectivity index (χ2n) is 15.2. The molecule has 8 heteroatoms. The lowest BCUT2D eigenvalue weighted by Crippen LogP contribution is -2.34. The molecule has 9 rings (SSSR count). The van der Waals surface area contributed by atoms with Gasteiger partial charge in [-0.25, -0.2) is 10.4 Å². The summed E-state index contributed by atoms with van der Waals surface area (Å²) in [5.74, 6) is -0.230. The van der Waals surface area contributed by atoms with E-state index in [9.17, 15) is 9.59 Å². The number of aromatic nitrogens is 2. The highest BCUT2D eigenvalue weighted by Gasteiger charge is 2.41. The topological polar surface area (TPSA) is 84.0 Å². The third-order valence-electron chi connectivity index (χ3n) is 10.9. The Balaban J connectivity index is 1.19. The van der Waals surface area contributed by atoms with Gasteiger partial charge in [-0.15, -0.1) is 0 Å². The molecule has 1 unspecified atom stereocenters. The van der Waals surface area contributed by atoms with E-state index in [0.717, 1.165) is 81.2 Å². The first-order valence-corrected chi connectivity index (χ1v) is 16.6. The zero-order chi connectivity index (χ0) is 32.4. The summed E-state index contributed by atoms with van der Waals surface area (Å²) in [5.41, 5.74) is 15.3. The third kappa shape index (κ3) is 4.13. The van der Waals surface area contributed by atoms with Crippen LogP contribution in [0.3, 0.4) is 0 Å². The van der Waals surface area contributed by atoms with E-state index in [0.29, 0.717) is 18.5 Å². The molecule has 4 aliphatic rings. The van der Waals surface area contributed by atoms with E-state index in [1.165, 1.54) is 22.0 Å². The molecule has 0 spiro atoms. The maximum absolute atomic E-state index is 13.9. The molecule has 2 aliphatic carbocycles. The maximum Gasteiger partial charge on any atom is 0.274 e. The normalized spacial score (nSPS) is 21.0. The number of aryl methyl sites for hydroxylation is 1. The summed E-state index contributed by atoms with van der Waals surface area (Å²) in [5, 5.41) is 13.2. The van der Waals surface area contributed by atoms with Crippen molar-refractivity contribution >= 4 is 45.0 Å². The summed E-state index contributed by atoms with van der Waals surface area (Å²) in [6.07, 6.45) is 4.08. The second kappa shape index (κ2) is 9.53. The smallest absolute Gasteiger partial charge is 0.274 e. The number of amides is 2. The fourth-order valence-electron chi connectivity index (χ4n) is 8.94. The van der Waals surface area contributed by atoms with E-state index in [1.54, 1.807) is 7.05 Å². The minimum atomic E-state index is -0.210. The molecule has 2 aromatic heterocycles. The highest BCUT2D eigenvalue weighted by Crippen LogP contribution is 2.46. The van der Waals surface area contributed by atoms with Crippen LogP contribution in [0.25, 0.3) is 21.8 Å². The monoisotopic (exact) mass is 622 g/mol. The fraction of sp³-hybridized carbons (Fsp3) is 0.333. The van der Waals surface area contributed by atoms with E-state index in [1.807, 2.05) is 18.2 Å². The molecule has 0 fully saturated rings. The molecule has 1 atom stereocenters. The van der Waals surface area contributed by atoms with Crippen molar-refractivity contribution in [2.75, 3.05) is 7.05 Å². The van der Waals surface area contributed by atoms with Crippen molar-refractivity contribution in [1.29, 1.82) is 0 Å². The minimum absolute atomic E-state index is 0.0609. The molecule has 0 radical (unpaired) electrons. The van der Waals surface area contributed by atoms with Gasteiger partial charge in [-0.3, -0.25) is 9.59 Å². The molecule has 0 saturated heterocycles. The van der Waals surface area contributed by atoms with Gasteiger partial charge < -0.3 is 9.13 Å². The number of benzene rings is 3. The Bertz CT molecular complexity index is 2280. The second-order valence-corrected chi connectivity index (χ2v) is 15.2. The molecule has 2 amide bonds. The van der Waals surface area contributed by atoms with Crippen LogP contribution < -0.4 is 5.43 Å². The number of hydrazone groups is 2. The third-order valence-corrected chi connectivity index (χ3v) is 10.9. The van der Waals surface area contributed by atoms with Crippen LogP contribution in [0.5, 0.6) is 0 Å². The van der Waals surface area contributed by atoms with Crippen LogP contribution in [0.2, 0.25) is 0 Å². The lowest BCUT2D eigenvalue weighted by Gasteiger charge is -2.35. The highest BCUT2D eigenvalue weighted by atomic mass is 16.2. The number of carbonyl (C=O) groups is 2. The maximum atomic E-state index is 13.9. The largest absolute Gasteiger partial charge is 0.347 e. The van der Waals surface area contributed by atoms with Crippen LogP contribution >= 0.6 is 0 Å². The molecular weight excluding hydrogens is 584 g/mol. The summed E-state index contributed by atoms with van der Waals surface area (Å²) in [6.45, 7) is 7.61. The molecule has 8 nitrogen and oxygen atoms in total. The van der Waals surface area contributed by atoms with Crippen LogP contribution in [-0.4, -0.2) is 44.4 Å². The number of carbonyl (C=O) groups excluding carboxylic acids is 2. The van der Waals surface area contributed by atoms with Gasteiger partial charge in [0.15, 0.2) is 0 Å². The predicted octanol–water partition coefficient (Wildman–Crippen LogP) is 6.59. The Labute approximate surface area is 273 Å². The summed E-state index contributed by atoms with van der Waals surface area (Å²) in [6, 6.07) is 20.9. The molecule has 236 valence electrons. The average molecular weight is 623 g/mol. The molecule has 2 aliphatic heterocycles. The Hall–Kier alpha value is -4.98. The number of nitrogens with one attached hydrogen (secondary N) is 1. The summed E-state index contributed by atoms with van der Waals surface area (Å²) < 4.78 is 4.70. The lowest BCUT2D eigenvalue weighted by molar-refractivity contribution is 0.0801. The Morgan fingerprint density at radius 2 is 1.53 bits per heavy atom. The number of hydrogen-bond acceptors (Lipinski definition) is 4. The summed E-state index contributed by atoms with van der Waals surface area (Å²) in [7, 11) is 3.92. The van der Waals surface area contributed by atoms with Crippen LogP contribution in [0.4, 0.5) is 0 Å². The first kappa shape index (κ1) is 28.3. The highest BCUT2D eigenvalue weighted by molar-refractivity contribution is 6.22. The van der Waals surface area contributed by atoms with Crippen molar-refractivity contribution in [2.24, 2.45) is 28.1 Å². The van der Waals surface area contributed by atoms with Gasteiger partial charge in [-0.05, 0) is 78.3 Å². The minimum Gasteiger partial charge on any atom is -0.347 e. The van der Waals surface area contributed by atoms with Gasteiger partial charge in [-0.1, -0.05) is 57.2 Å². The van der Waals surface area contributed by atoms with Gasteiger partial charge in [0.25, 0.3) is 11.8 Å². The van der Waals surface area contributed by atoms with E-state index in [2.05, 4.69) is 84.8 Å². The van der Waals surface area contributed by atoms with E-state index < -0.39 is 0 Å². The molecule has 4 heterocycles. The number of nitrogens with zero attached hydrogens (tertiary/aromatic N) is 5. The molecule has 1 N–H and O–H groups in total. The summed E-state index contributed by atoms with van der Waals surface area (Å²) >= 11 is 0. The molecule has 47 heavy (non-hydrogen) atoms. The summed E-state index contributed by atoms with van der Waals surface area (Å²) in [4.78, 5) is 27.2. The van der Waals surface area contributed by atoms with Gasteiger partial charge in [0.05, 0.1) is 28.1 Å². The van der Waals surface area contributed by atoms with Gasteiger partial charge in [0.2, 0.25) is 0 Å². The molecule has 0 bridgehead atoms. The van der Waals surface area contributed by atoms with Crippen molar-refractivity contribution in [3.63, 3.8) is 0 Å². The van der Waals surface area contributed by atoms with E-state index >= 15 is 0 Å². The first-order chi connectivity index (χ1) is 22.5. The van der Waals surface area contributed by atoms with Crippen LogP contribution in [0, 0.1) is 10.8 Å². The van der Waals surface area contributed by atoms with Crippen molar-refractivity contribution in [3.05, 3.63) is 105 Å². The first-order valence-electron chi connectivity index (χ1n) is 16.6. The average Bonchev–Trinajstić information content (AvgIpc) is 3.39. The lowest BCUT2D eigenvalue weighted by atomic mass is 9.70. The molecular formula is C39H38N6O2. The van der Waals surface area contributed by atoms with Gasteiger partial charge >= 0.3 is 0 Å². The van der Waals surface area contributed by atoms with Gasteiger partial charge in [0, 0.05) is 59.4 Å². The number of rotatable bonds is 4. The standard InChI is InChI=1S/C39H38N6O2/c1-38(2)17-27-35-30(19-38)43(4)29-15-23(14-25(33(29)35)37(47)44(5)42-27)16-39(3)18-26-34-31(20-39)45(21-22-10-7-6-8-11-22)28-13-9-12-24(32(28)34)36(46)41-40-26/h6-15H,16-21H2,1-5H3,(H,41,46). The van der Waals surface area contributed by atoms with Gasteiger partial charge in [-0.2, -0.15) is 10.2 Å².